The van der Waals surface area contributed by atoms with Crippen molar-refractivity contribution in [1.29, 1.82) is 0 Å². The van der Waals surface area contributed by atoms with Gasteiger partial charge in [-0.25, -0.2) is 9.78 Å². The molecule has 0 unspecified atom stereocenters. The van der Waals surface area contributed by atoms with Gasteiger partial charge < -0.3 is 15.0 Å². The van der Waals surface area contributed by atoms with Gasteiger partial charge in [0.25, 0.3) is 5.91 Å². The van der Waals surface area contributed by atoms with Crippen LogP contribution in [0.25, 0.3) is 33.2 Å². The fourth-order valence-electron chi connectivity index (χ4n) is 3.45. The molecule has 156 valence electrons. The van der Waals surface area contributed by atoms with Gasteiger partial charge in [-0.15, -0.1) is 0 Å². The molecule has 1 amide bonds. The van der Waals surface area contributed by atoms with Crippen molar-refractivity contribution in [1.82, 2.24) is 15.0 Å². The summed E-state index contributed by atoms with van der Waals surface area (Å²) in [4.78, 5) is 36.5. The van der Waals surface area contributed by atoms with Crippen molar-refractivity contribution in [2.75, 3.05) is 11.9 Å². The van der Waals surface area contributed by atoms with Gasteiger partial charge in [-0.3, -0.25) is 9.78 Å². The number of rotatable bonds is 5. The van der Waals surface area contributed by atoms with Gasteiger partial charge in [-0.05, 0) is 53.2 Å². The van der Waals surface area contributed by atoms with Crippen LogP contribution in [0.1, 0.15) is 10.4 Å². The summed E-state index contributed by atoms with van der Waals surface area (Å²) in [7, 11) is 0. The van der Waals surface area contributed by atoms with E-state index in [0.29, 0.717) is 22.6 Å². The van der Waals surface area contributed by atoms with E-state index in [4.69, 9.17) is 4.74 Å². The summed E-state index contributed by atoms with van der Waals surface area (Å²) in [5, 5.41) is 4.85. The van der Waals surface area contributed by atoms with Crippen LogP contribution in [-0.4, -0.2) is 33.4 Å². The minimum atomic E-state index is -0.585. The summed E-state index contributed by atoms with van der Waals surface area (Å²) in [6, 6.07) is 22.2. The zero-order chi connectivity index (χ0) is 21.9. The normalized spacial score (nSPS) is 10.9. The third-order valence-corrected chi connectivity index (χ3v) is 5.02. The Balaban J connectivity index is 1.24. The topological polar surface area (TPSA) is 97.0 Å². The second kappa shape index (κ2) is 8.31. The predicted molar refractivity (Wildman–Crippen MR) is 122 cm³/mol. The van der Waals surface area contributed by atoms with E-state index in [0.717, 1.165) is 21.9 Å². The van der Waals surface area contributed by atoms with Gasteiger partial charge in [0.05, 0.1) is 16.6 Å². The Morgan fingerprint density at radius 1 is 0.938 bits per heavy atom. The number of nitrogens with one attached hydrogen (secondary N) is 2. The molecule has 2 heterocycles. The number of amides is 1. The molecule has 2 N–H and O–H groups in total. The molecule has 0 spiro atoms. The number of esters is 1. The molecule has 7 heteroatoms. The molecular formula is C25H18N4O3. The van der Waals surface area contributed by atoms with Gasteiger partial charge in [-0.2, -0.15) is 0 Å². The number of carbonyl (C=O) groups excluding carboxylic acids is 2. The lowest BCUT2D eigenvalue weighted by molar-refractivity contribution is -0.119. The highest BCUT2D eigenvalue weighted by Crippen LogP contribution is 2.21. The number of imidazole rings is 1. The van der Waals surface area contributed by atoms with Crippen LogP contribution in [0.3, 0.4) is 0 Å². The van der Waals surface area contributed by atoms with Crippen molar-refractivity contribution in [3.8, 4) is 11.4 Å². The molecule has 0 fully saturated rings. The van der Waals surface area contributed by atoms with E-state index in [9.17, 15) is 9.59 Å². The van der Waals surface area contributed by atoms with Crippen molar-refractivity contribution in [2.45, 2.75) is 0 Å². The van der Waals surface area contributed by atoms with Gasteiger partial charge >= 0.3 is 5.97 Å². The summed E-state index contributed by atoms with van der Waals surface area (Å²) < 4.78 is 5.19. The molecular weight excluding hydrogens is 404 g/mol. The first-order chi connectivity index (χ1) is 15.7. The summed E-state index contributed by atoms with van der Waals surface area (Å²) >= 11 is 0. The highest BCUT2D eigenvalue weighted by molar-refractivity contribution is 5.98. The molecule has 7 nitrogen and oxygen atoms in total. The van der Waals surface area contributed by atoms with Gasteiger partial charge in [0.15, 0.2) is 6.61 Å². The molecule has 0 atom stereocenters. The van der Waals surface area contributed by atoms with Crippen LogP contribution in [0.5, 0.6) is 0 Å². The molecule has 32 heavy (non-hydrogen) atoms. The Morgan fingerprint density at radius 2 is 1.81 bits per heavy atom. The maximum absolute atomic E-state index is 12.5. The summed E-state index contributed by atoms with van der Waals surface area (Å²) in [6.07, 6.45) is 3.40. The molecule has 2 aromatic heterocycles. The van der Waals surface area contributed by atoms with Crippen LogP contribution in [0.2, 0.25) is 0 Å². The highest BCUT2D eigenvalue weighted by Gasteiger charge is 2.13. The number of H-pyrrole nitrogens is 1. The van der Waals surface area contributed by atoms with E-state index < -0.39 is 11.9 Å². The van der Waals surface area contributed by atoms with Crippen LogP contribution in [-0.2, 0) is 9.53 Å². The number of fused-ring (bicyclic) bond motifs is 2. The molecule has 0 bridgehead atoms. The smallest absolute Gasteiger partial charge is 0.338 e. The lowest BCUT2D eigenvalue weighted by Gasteiger charge is -2.08. The number of hydrogen-bond acceptors (Lipinski definition) is 5. The van der Waals surface area contributed by atoms with Crippen LogP contribution < -0.4 is 5.32 Å². The Labute approximate surface area is 183 Å². The zero-order valence-corrected chi connectivity index (χ0v) is 16.9. The second-order valence-corrected chi connectivity index (χ2v) is 7.25. The molecule has 0 aliphatic carbocycles. The number of anilines is 1. The number of ether oxygens (including phenoxy) is 1. The SMILES string of the molecule is O=C(COC(=O)c1ccc2nc(-c3cccnc3)[nH]c2c1)Nc1ccc2ccccc2c1. The maximum atomic E-state index is 12.5. The third kappa shape index (κ3) is 4.04. The van der Waals surface area contributed by atoms with E-state index >= 15 is 0 Å². The van der Waals surface area contributed by atoms with Crippen molar-refractivity contribution in [3.63, 3.8) is 0 Å². The molecule has 3 aromatic carbocycles. The van der Waals surface area contributed by atoms with E-state index in [1.807, 2.05) is 54.6 Å². The molecule has 0 aliphatic rings. The fourth-order valence-corrected chi connectivity index (χ4v) is 3.45. The number of hydrogen-bond donors (Lipinski definition) is 2. The summed E-state index contributed by atoms with van der Waals surface area (Å²) in [5.41, 5.74) is 3.23. The van der Waals surface area contributed by atoms with Crippen molar-refractivity contribution in [2.24, 2.45) is 0 Å². The predicted octanol–water partition coefficient (Wildman–Crippen LogP) is 4.57. The Morgan fingerprint density at radius 3 is 2.66 bits per heavy atom. The largest absolute Gasteiger partial charge is 0.452 e. The third-order valence-electron chi connectivity index (χ3n) is 5.02. The van der Waals surface area contributed by atoms with E-state index in [2.05, 4.69) is 20.3 Å². The zero-order valence-electron chi connectivity index (χ0n) is 16.9. The Hall–Kier alpha value is -4.52. The second-order valence-electron chi connectivity index (χ2n) is 7.25. The minimum Gasteiger partial charge on any atom is -0.452 e. The summed E-state index contributed by atoms with van der Waals surface area (Å²) in [6.45, 7) is -0.381. The number of carbonyl (C=O) groups is 2. The standard InChI is InChI=1S/C25H18N4O3/c30-23(27-20-9-7-16-4-1-2-5-17(16)12-20)15-32-25(31)18-8-10-21-22(13-18)29-24(28-21)19-6-3-11-26-14-19/h1-14H,15H2,(H,27,30)(H,28,29). The first-order valence-electron chi connectivity index (χ1n) is 10.0. The molecule has 0 radical (unpaired) electrons. The number of benzene rings is 3. The lowest BCUT2D eigenvalue weighted by Crippen LogP contribution is -2.20. The van der Waals surface area contributed by atoms with Crippen molar-refractivity contribution in [3.05, 3.63) is 90.8 Å². The maximum Gasteiger partial charge on any atom is 0.338 e. The minimum absolute atomic E-state index is 0.331. The van der Waals surface area contributed by atoms with Crippen LogP contribution in [0, 0.1) is 0 Å². The fraction of sp³-hybridized carbons (Fsp3) is 0.0400. The number of nitrogens with zero attached hydrogens (tertiary/aromatic N) is 2. The van der Waals surface area contributed by atoms with Gasteiger partial charge in [0.2, 0.25) is 0 Å². The van der Waals surface area contributed by atoms with Gasteiger partial charge in [-0.1, -0.05) is 30.3 Å². The van der Waals surface area contributed by atoms with Gasteiger partial charge in [0.1, 0.15) is 5.82 Å². The van der Waals surface area contributed by atoms with E-state index in [1.54, 1.807) is 30.6 Å². The van der Waals surface area contributed by atoms with Crippen LogP contribution in [0.15, 0.2) is 85.2 Å². The number of pyridine rings is 1. The average molecular weight is 422 g/mol. The monoisotopic (exact) mass is 422 g/mol. The average Bonchev–Trinajstić information content (AvgIpc) is 3.26. The molecule has 5 rings (SSSR count). The molecule has 0 saturated heterocycles. The first kappa shape index (κ1) is 19.4. The first-order valence-corrected chi connectivity index (χ1v) is 10.0. The Kier molecular flexibility index (Phi) is 5.05. The quantitative estimate of drug-likeness (QED) is 0.404. The molecule has 0 saturated carbocycles. The van der Waals surface area contributed by atoms with Crippen molar-refractivity contribution < 1.29 is 14.3 Å². The highest BCUT2D eigenvalue weighted by atomic mass is 16.5. The Bertz CT molecular complexity index is 1440. The van der Waals surface area contributed by atoms with E-state index in [1.165, 1.54) is 0 Å². The lowest BCUT2D eigenvalue weighted by atomic mass is 10.1. The van der Waals surface area contributed by atoms with Crippen LogP contribution >= 0.6 is 0 Å². The number of aromatic amines is 1. The van der Waals surface area contributed by atoms with Gasteiger partial charge in [0, 0.05) is 23.6 Å². The molecule has 0 aliphatic heterocycles. The van der Waals surface area contributed by atoms with Crippen LogP contribution in [0.4, 0.5) is 5.69 Å². The molecule has 5 aromatic rings. The summed E-state index contributed by atoms with van der Waals surface area (Å²) in [5.74, 6) is -0.332. The van der Waals surface area contributed by atoms with Crippen molar-refractivity contribution >= 4 is 39.4 Å². The number of aromatic nitrogens is 3. The van der Waals surface area contributed by atoms with E-state index in [-0.39, 0.29) is 6.61 Å².